The van der Waals surface area contributed by atoms with Crippen molar-refractivity contribution in [2.75, 3.05) is 11.9 Å². The second kappa shape index (κ2) is 8.04. The Bertz CT molecular complexity index is 1040. The molecule has 0 saturated carbocycles. The summed E-state index contributed by atoms with van der Waals surface area (Å²) in [5, 5.41) is 17.1. The molecular weight excluding hydrogens is 399 g/mol. The van der Waals surface area contributed by atoms with E-state index in [1.54, 1.807) is 24.3 Å². The zero-order valence-corrected chi connectivity index (χ0v) is 15.2. The summed E-state index contributed by atoms with van der Waals surface area (Å²) in [4.78, 5) is 12.4. The largest absolute Gasteiger partial charge is 0.387 e. The molecule has 0 aliphatic rings. The second-order valence-electron chi connectivity index (χ2n) is 5.60. The van der Waals surface area contributed by atoms with E-state index in [2.05, 4.69) is 10.4 Å². The molecule has 0 aliphatic heterocycles. The zero-order valence-electron chi connectivity index (χ0n) is 13.7. The third-order valence-corrected chi connectivity index (χ3v) is 4.52. The number of aliphatic hydroxyl groups excluding tert-OH is 1. The van der Waals surface area contributed by atoms with Crippen LogP contribution in [-0.2, 0) is 0 Å². The molecule has 0 aliphatic carbocycles. The Hall–Kier alpha value is -2.48. The molecule has 1 unspecified atom stereocenters. The van der Waals surface area contributed by atoms with E-state index in [0.29, 0.717) is 16.7 Å². The van der Waals surface area contributed by atoms with Crippen molar-refractivity contribution in [1.82, 2.24) is 9.78 Å². The maximum absolute atomic E-state index is 13.9. The molecular formula is C18H13Cl2F2N3O2. The van der Waals surface area contributed by atoms with Crippen molar-refractivity contribution in [2.24, 2.45) is 0 Å². The Labute approximate surface area is 162 Å². The van der Waals surface area contributed by atoms with Gasteiger partial charge >= 0.3 is 0 Å². The normalized spacial score (nSPS) is 12.0. The van der Waals surface area contributed by atoms with E-state index in [4.69, 9.17) is 23.2 Å². The number of rotatable bonds is 5. The van der Waals surface area contributed by atoms with Gasteiger partial charge in [-0.05, 0) is 18.2 Å². The minimum Gasteiger partial charge on any atom is -0.387 e. The Morgan fingerprint density at radius 1 is 1.19 bits per heavy atom. The highest BCUT2D eigenvalue weighted by Crippen LogP contribution is 2.24. The number of halogens is 4. The van der Waals surface area contributed by atoms with Crippen LogP contribution < -0.4 is 10.9 Å². The number of nitrogens with one attached hydrogen (secondary N) is 1. The van der Waals surface area contributed by atoms with Gasteiger partial charge in [-0.25, -0.2) is 8.78 Å². The van der Waals surface area contributed by atoms with E-state index in [-0.39, 0.29) is 22.9 Å². The minimum atomic E-state index is -0.952. The number of anilines is 1. The van der Waals surface area contributed by atoms with E-state index >= 15 is 0 Å². The number of nitrogens with zero attached hydrogens (tertiary/aromatic N) is 2. The molecule has 0 amide bonds. The van der Waals surface area contributed by atoms with Crippen molar-refractivity contribution in [3.63, 3.8) is 0 Å². The van der Waals surface area contributed by atoms with Gasteiger partial charge in [-0.3, -0.25) is 4.79 Å². The maximum Gasteiger partial charge on any atom is 0.292 e. The molecule has 0 radical (unpaired) electrons. The molecule has 5 nitrogen and oxygen atoms in total. The van der Waals surface area contributed by atoms with Crippen LogP contribution in [0.15, 0.2) is 53.5 Å². The van der Waals surface area contributed by atoms with Crippen molar-refractivity contribution in [2.45, 2.75) is 6.10 Å². The smallest absolute Gasteiger partial charge is 0.292 e. The molecule has 140 valence electrons. The number of benzene rings is 2. The summed E-state index contributed by atoms with van der Waals surface area (Å²) in [6.45, 7) is 0.0134. The van der Waals surface area contributed by atoms with Crippen LogP contribution in [0.5, 0.6) is 0 Å². The van der Waals surface area contributed by atoms with E-state index in [0.717, 1.165) is 16.8 Å². The average Bonchev–Trinajstić information content (AvgIpc) is 2.64. The predicted molar refractivity (Wildman–Crippen MR) is 99.7 cm³/mol. The first-order chi connectivity index (χ1) is 12.9. The first-order valence-electron chi connectivity index (χ1n) is 7.78. The Morgan fingerprint density at radius 2 is 1.93 bits per heavy atom. The van der Waals surface area contributed by atoms with Crippen molar-refractivity contribution < 1.29 is 13.9 Å². The second-order valence-corrected chi connectivity index (χ2v) is 6.39. The molecule has 1 heterocycles. The summed E-state index contributed by atoms with van der Waals surface area (Å²) < 4.78 is 27.6. The molecule has 2 N–H and O–H groups in total. The van der Waals surface area contributed by atoms with Crippen LogP contribution in [0.3, 0.4) is 0 Å². The molecule has 0 spiro atoms. The molecule has 3 rings (SSSR count). The van der Waals surface area contributed by atoms with Crippen LogP contribution in [0.4, 0.5) is 14.5 Å². The number of hydrogen-bond acceptors (Lipinski definition) is 4. The minimum absolute atomic E-state index is 0.0134. The average molecular weight is 412 g/mol. The Morgan fingerprint density at radius 3 is 2.63 bits per heavy atom. The molecule has 3 aromatic rings. The highest BCUT2D eigenvalue weighted by molar-refractivity contribution is 6.33. The Balaban J connectivity index is 1.83. The first-order valence-corrected chi connectivity index (χ1v) is 8.53. The lowest BCUT2D eigenvalue weighted by Gasteiger charge is -2.15. The summed E-state index contributed by atoms with van der Waals surface area (Å²) in [6, 6.07) is 9.52. The van der Waals surface area contributed by atoms with Crippen LogP contribution in [0.25, 0.3) is 5.69 Å². The van der Waals surface area contributed by atoms with Gasteiger partial charge in [-0.1, -0.05) is 41.4 Å². The molecule has 0 bridgehead atoms. The lowest BCUT2D eigenvalue weighted by atomic mass is 10.1. The fourth-order valence-corrected chi connectivity index (χ4v) is 2.90. The summed E-state index contributed by atoms with van der Waals surface area (Å²) in [5.74, 6) is -1.72. The molecule has 1 aromatic heterocycles. The Kier molecular flexibility index (Phi) is 5.74. The highest BCUT2D eigenvalue weighted by Gasteiger charge is 2.16. The summed E-state index contributed by atoms with van der Waals surface area (Å²) in [5.41, 5.74) is -0.352. The zero-order chi connectivity index (χ0) is 19.6. The predicted octanol–water partition coefficient (Wildman–Crippen LogP) is 3.96. The fourth-order valence-electron chi connectivity index (χ4n) is 2.44. The first kappa shape index (κ1) is 19.3. The van der Waals surface area contributed by atoms with Gasteiger partial charge in [0.15, 0.2) is 5.82 Å². The van der Waals surface area contributed by atoms with Crippen molar-refractivity contribution >= 4 is 28.9 Å². The van der Waals surface area contributed by atoms with Crippen LogP contribution >= 0.6 is 23.2 Å². The van der Waals surface area contributed by atoms with E-state index in [9.17, 15) is 18.7 Å². The molecule has 0 saturated heterocycles. The van der Waals surface area contributed by atoms with Crippen LogP contribution in [0.2, 0.25) is 10.0 Å². The van der Waals surface area contributed by atoms with E-state index < -0.39 is 23.3 Å². The molecule has 27 heavy (non-hydrogen) atoms. The van der Waals surface area contributed by atoms with Crippen molar-refractivity contribution in [3.05, 3.63) is 86.3 Å². The molecule has 1 atom stereocenters. The van der Waals surface area contributed by atoms with Gasteiger partial charge in [0, 0.05) is 23.2 Å². The SMILES string of the molecule is O=c1c(Cl)c(NCC(O)c2ccccc2Cl)cnn1-c1ccc(F)cc1F. The van der Waals surface area contributed by atoms with Crippen molar-refractivity contribution in [1.29, 1.82) is 0 Å². The van der Waals surface area contributed by atoms with Crippen LogP contribution in [0, 0.1) is 11.6 Å². The van der Waals surface area contributed by atoms with Gasteiger partial charge in [0.05, 0.1) is 18.0 Å². The lowest BCUT2D eigenvalue weighted by Crippen LogP contribution is -2.24. The van der Waals surface area contributed by atoms with Crippen molar-refractivity contribution in [3.8, 4) is 5.69 Å². The third kappa shape index (κ3) is 4.10. The number of aliphatic hydroxyl groups is 1. The van der Waals surface area contributed by atoms with Gasteiger partial charge in [0.2, 0.25) is 0 Å². The lowest BCUT2D eigenvalue weighted by molar-refractivity contribution is 0.191. The monoisotopic (exact) mass is 411 g/mol. The van der Waals surface area contributed by atoms with Gasteiger partial charge < -0.3 is 10.4 Å². The molecule has 0 fully saturated rings. The topological polar surface area (TPSA) is 67.2 Å². The summed E-state index contributed by atoms with van der Waals surface area (Å²) in [6.07, 6.45) is 0.262. The quantitative estimate of drug-likeness (QED) is 0.666. The van der Waals surface area contributed by atoms with Crippen LogP contribution in [0.1, 0.15) is 11.7 Å². The highest BCUT2D eigenvalue weighted by atomic mass is 35.5. The van der Waals surface area contributed by atoms with E-state index in [1.165, 1.54) is 6.20 Å². The summed E-state index contributed by atoms with van der Waals surface area (Å²) in [7, 11) is 0. The third-order valence-electron chi connectivity index (χ3n) is 3.81. The van der Waals surface area contributed by atoms with Crippen LogP contribution in [-0.4, -0.2) is 21.4 Å². The standard InChI is InChI=1S/C18H13Cl2F2N3O2/c19-12-4-2-1-3-11(12)16(26)9-23-14-8-24-25(18(27)17(14)20)15-6-5-10(21)7-13(15)22/h1-8,16,23,26H,9H2. The number of aromatic nitrogens is 2. The summed E-state index contributed by atoms with van der Waals surface area (Å²) >= 11 is 12.1. The van der Waals surface area contributed by atoms with Gasteiger partial charge in [0.1, 0.15) is 16.5 Å². The number of hydrogen-bond donors (Lipinski definition) is 2. The van der Waals surface area contributed by atoms with Gasteiger partial charge in [0.25, 0.3) is 5.56 Å². The fraction of sp³-hybridized carbons (Fsp3) is 0.111. The molecule has 9 heteroatoms. The maximum atomic E-state index is 13.9. The van der Waals surface area contributed by atoms with Gasteiger partial charge in [-0.15, -0.1) is 0 Å². The van der Waals surface area contributed by atoms with Gasteiger partial charge in [-0.2, -0.15) is 9.78 Å². The van der Waals surface area contributed by atoms with E-state index in [1.807, 2.05) is 0 Å². The molecule has 2 aromatic carbocycles.